The second kappa shape index (κ2) is 6.91. The lowest BCUT2D eigenvalue weighted by Crippen LogP contribution is -1.99. The molecule has 1 heterocycles. The highest BCUT2D eigenvalue weighted by Crippen LogP contribution is 2.28. The monoisotopic (exact) mass is 328 g/mol. The third-order valence-electron chi connectivity index (χ3n) is 3.26. The number of aromatic nitrogens is 2. The molecule has 0 unspecified atom stereocenters. The topological polar surface area (TPSA) is 74.5 Å². The molecule has 7 heteroatoms. The highest BCUT2D eigenvalue weighted by atomic mass is 19.1. The molecule has 0 radical (unpaired) electrons. The smallest absolute Gasteiger partial charge is 0.264 e. The second-order valence-electron chi connectivity index (χ2n) is 4.81. The van der Waals surface area contributed by atoms with Gasteiger partial charge in [0.05, 0.1) is 12.7 Å². The molecule has 0 aliphatic carbocycles. The third-order valence-corrected chi connectivity index (χ3v) is 3.26. The summed E-state index contributed by atoms with van der Waals surface area (Å²) in [4.78, 5) is 14.9. The number of carbonyl (C=O) groups excluding carboxylic acids is 1. The minimum atomic E-state index is -0.433. The number of aldehydes is 1. The number of hydrogen-bond acceptors (Lipinski definition) is 6. The molecule has 3 rings (SSSR count). The minimum absolute atomic E-state index is 0.0156. The molecule has 0 N–H and O–H groups in total. The molecule has 0 aliphatic rings. The molecule has 1 aromatic heterocycles. The van der Waals surface area contributed by atoms with E-state index in [1.807, 2.05) is 0 Å². The molecule has 0 fully saturated rings. The van der Waals surface area contributed by atoms with Gasteiger partial charge in [-0.3, -0.25) is 4.79 Å². The Morgan fingerprint density at radius 1 is 1.21 bits per heavy atom. The first-order valence-corrected chi connectivity index (χ1v) is 7.04. The molecule has 0 spiro atoms. The van der Waals surface area contributed by atoms with E-state index in [0.29, 0.717) is 23.3 Å². The van der Waals surface area contributed by atoms with Crippen LogP contribution in [0.15, 0.2) is 47.0 Å². The van der Waals surface area contributed by atoms with Crippen molar-refractivity contribution in [2.24, 2.45) is 0 Å². The van der Waals surface area contributed by atoms with Crippen molar-refractivity contribution in [3.63, 3.8) is 0 Å². The van der Waals surface area contributed by atoms with Crippen molar-refractivity contribution >= 4 is 6.29 Å². The molecule has 0 amide bonds. The quantitative estimate of drug-likeness (QED) is 0.647. The van der Waals surface area contributed by atoms with Crippen LogP contribution < -0.4 is 9.47 Å². The lowest BCUT2D eigenvalue weighted by Gasteiger charge is -2.09. The fraction of sp³-hybridized carbons (Fsp3) is 0.118. The molecule has 0 aliphatic heterocycles. The van der Waals surface area contributed by atoms with Crippen molar-refractivity contribution in [2.45, 2.75) is 6.61 Å². The fourth-order valence-corrected chi connectivity index (χ4v) is 2.08. The summed E-state index contributed by atoms with van der Waals surface area (Å²) in [6.07, 6.45) is 0.713. The Bertz CT molecular complexity index is 863. The Hall–Kier alpha value is -3.22. The summed E-state index contributed by atoms with van der Waals surface area (Å²) >= 11 is 0. The van der Waals surface area contributed by atoms with Gasteiger partial charge in [0.1, 0.15) is 12.1 Å². The van der Waals surface area contributed by atoms with Crippen molar-refractivity contribution in [2.75, 3.05) is 7.11 Å². The van der Waals surface area contributed by atoms with Crippen LogP contribution in [-0.4, -0.2) is 23.5 Å². The zero-order valence-electron chi connectivity index (χ0n) is 12.7. The van der Waals surface area contributed by atoms with Gasteiger partial charge in [0, 0.05) is 5.56 Å². The molecule has 0 saturated carbocycles. The van der Waals surface area contributed by atoms with Crippen LogP contribution in [0.2, 0.25) is 0 Å². The number of nitrogens with zero attached hydrogens (tertiary/aromatic N) is 2. The third kappa shape index (κ3) is 3.24. The van der Waals surface area contributed by atoms with Crippen LogP contribution in [-0.2, 0) is 6.61 Å². The van der Waals surface area contributed by atoms with Crippen LogP contribution in [0.4, 0.5) is 4.39 Å². The zero-order valence-corrected chi connectivity index (χ0v) is 12.7. The highest BCUT2D eigenvalue weighted by molar-refractivity contribution is 5.76. The first kappa shape index (κ1) is 15.7. The van der Waals surface area contributed by atoms with Crippen LogP contribution in [0.1, 0.15) is 16.2 Å². The molecular formula is C17H13FN2O4. The van der Waals surface area contributed by atoms with Crippen LogP contribution in [0.3, 0.4) is 0 Å². The van der Waals surface area contributed by atoms with E-state index in [2.05, 4.69) is 10.1 Å². The molecule has 6 nitrogen and oxygen atoms in total. The van der Waals surface area contributed by atoms with Crippen molar-refractivity contribution in [1.29, 1.82) is 0 Å². The van der Waals surface area contributed by atoms with Gasteiger partial charge in [-0.1, -0.05) is 17.3 Å². The van der Waals surface area contributed by atoms with E-state index in [0.717, 1.165) is 0 Å². The molecule has 122 valence electrons. The van der Waals surface area contributed by atoms with Crippen LogP contribution in [0.5, 0.6) is 11.5 Å². The number of benzene rings is 2. The molecule has 0 bridgehead atoms. The van der Waals surface area contributed by atoms with Gasteiger partial charge in [0.25, 0.3) is 5.89 Å². The van der Waals surface area contributed by atoms with E-state index >= 15 is 0 Å². The number of rotatable bonds is 6. The zero-order chi connectivity index (χ0) is 16.9. The first-order valence-electron chi connectivity index (χ1n) is 7.04. The van der Waals surface area contributed by atoms with Gasteiger partial charge in [0.2, 0.25) is 5.82 Å². The fourth-order valence-electron chi connectivity index (χ4n) is 2.08. The maximum Gasteiger partial charge on any atom is 0.264 e. The summed E-state index contributed by atoms with van der Waals surface area (Å²) in [5.41, 5.74) is 0.722. The molecule has 24 heavy (non-hydrogen) atoms. The largest absolute Gasteiger partial charge is 0.493 e. The van der Waals surface area contributed by atoms with Crippen molar-refractivity contribution in [3.05, 3.63) is 59.7 Å². The normalized spacial score (nSPS) is 10.4. The van der Waals surface area contributed by atoms with E-state index in [4.69, 9.17) is 14.0 Å². The summed E-state index contributed by atoms with van der Waals surface area (Å²) in [5.74, 6) is 0.740. The van der Waals surface area contributed by atoms with Crippen LogP contribution >= 0.6 is 0 Å². The van der Waals surface area contributed by atoms with E-state index in [1.165, 1.54) is 13.2 Å². The highest BCUT2D eigenvalue weighted by Gasteiger charge is 2.13. The maximum absolute atomic E-state index is 13.7. The van der Waals surface area contributed by atoms with Gasteiger partial charge >= 0.3 is 0 Å². The number of hydrogen-bond donors (Lipinski definition) is 0. The van der Waals surface area contributed by atoms with Crippen molar-refractivity contribution in [1.82, 2.24) is 10.1 Å². The molecule has 0 saturated heterocycles. The summed E-state index contributed by atoms with van der Waals surface area (Å²) in [5, 5.41) is 3.75. The first-order chi connectivity index (χ1) is 11.7. The molecular weight excluding hydrogens is 315 g/mol. The Morgan fingerprint density at radius 2 is 2.04 bits per heavy atom. The van der Waals surface area contributed by atoms with Crippen molar-refractivity contribution < 1.29 is 23.2 Å². The summed E-state index contributed by atoms with van der Waals surface area (Å²) in [6, 6.07) is 10.9. The lowest BCUT2D eigenvalue weighted by atomic mass is 10.2. The predicted octanol–water partition coefficient (Wildman–Crippen LogP) is 3.28. The van der Waals surface area contributed by atoms with E-state index in [9.17, 15) is 9.18 Å². The standard InChI is InChI=1S/C17H13FN2O4/c1-22-15-8-11(9-21)6-7-14(15)23-10-16-19-17(20-24-16)12-4-2-3-5-13(12)18/h2-9H,10H2,1H3. The number of ether oxygens (including phenoxy) is 2. The van der Waals surface area contributed by atoms with Crippen LogP contribution in [0.25, 0.3) is 11.4 Å². The Labute approximate surface area is 136 Å². The second-order valence-corrected chi connectivity index (χ2v) is 4.81. The average molecular weight is 328 g/mol. The number of methoxy groups -OCH3 is 1. The van der Waals surface area contributed by atoms with E-state index in [1.54, 1.807) is 36.4 Å². The minimum Gasteiger partial charge on any atom is -0.493 e. The molecule has 2 aromatic carbocycles. The number of carbonyl (C=O) groups is 1. The van der Waals surface area contributed by atoms with Gasteiger partial charge in [-0.05, 0) is 30.3 Å². The molecule has 3 aromatic rings. The summed E-state index contributed by atoms with van der Waals surface area (Å²) in [7, 11) is 1.47. The lowest BCUT2D eigenvalue weighted by molar-refractivity contribution is 0.112. The average Bonchev–Trinajstić information content (AvgIpc) is 3.09. The van der Waals surface area contributed by atoms with Gasteiger partial charge in [-0.25, -0.2) is 4.39 Å². The Morgan fingerprint density at radius 3 is 2.79 bits per heavy atom. The maximum atomic E-state index is 13.7. The Balaban J connectivity index is 1.74. The van der Waals surface area contributed by atoms with Crippen LogP contribution in [0, 0.1) is 5.82 Å². The van der Waals surface area contributed by atoms with Gasteiger partial charge in [-0.15, -0.1) is 0 Å². The van der Waals surface area contributed by atoms with Crippen molar-refractivity contribution in [3.8, 4) is 22.9 Å². The summed E-state index contributed by atoms with van der Waals surface area (Å²) < 4.78 is 29.5. The Kier molecular flexibility index (Phi) is 4.51. The van der Waals surface area contributed by atoms with Gasteiger partial charge < -0.3 is 14.0 Å². The van der Waals surface area contributed by atoms with E-state index in [-0.39, 0.29) is 23.9 Å². The van der Waals surface area contributed by atoms with Gasteiger partial charge in [-0.2, -0.15) is 4.98 Å². The number of halogens is 1. The molecule has 0 atom stereocenters. The van der Waals surface area contributed by atoms with Gasteiger partial charge in [0.15, 0.2) is 18.1 Å². The summed E-state index contributed by atoms with van der Waals surface area (Å²) in [6.45, 7) is -0.0156. The SMILES string of the molecule is COc1cc(C=O)ccc1OCc1nc(-c2ccccc2F)no1. The van der Waals surface area contributed by atoms with E-state index < -0.39 is 5.82 Å². The predicted molar refractivity (Wildman–Crippen MR) is 82.4 cm³/mol.